The van der Waals surface area contributed by atoms with Gasteiger partial charge in [0.05, 0.1) is 33.5 Å². The van der Waals surface area contributed by atoms with Crippen molar-refractivity contribution in [3.05, 3.63) is 57.6 Å². The van der Waals surface area contributed by atoms with Gasteiger partial charge in [-0.05, 0) is 81.5 Å². The monoisotopic (exact) mass is 531 g/mol. The average molecular weight is 533 g/mol. The van der Waals surface area contributed by atoms with Gasteiger partial charge in [-0.1, -0.05) is 23.2 Å². The predicted octanol–water partition coefficient (Wildman–Crippen LogP) is 4.20. The summed E-state index contributed by atoms with van der Waals surface area (Å²) in [4.78, 5) is 3.19. The van der Waals surface area contributed by atoms with Crippen LogP contribution in [0.15, 0.2) is 41.3 Å². The van der Waals surface area contributed by atoms with Crippen molar-refractivity contribution in [1.82, 2.24) is 10.2 Å². The molecule has 1 atom stereocenters. The fourth-order valence-electron chi connectivity index (χ4n) is 3.16. The first-order valence-corrected chi connectivity index (χ1v) is 12.5. The maximum atomic E-state index is 6.14. The zero-order chi connectivity index (χ0) is 25.3. The SMILES string of the molecule is CN(C)C1Cc2cc(Cl)cc(Cl)c2C1.CNCCOCCOCCN.COc1ccc(S)cc1. The Hall–Kier alpha value is -1.03. The molecule has 0 saturated carbocycles. The molecule has 0 saturated heterocycles. The molecule has 0 fully saturated rings. The van der Waals surface area contributed by atoms with E-state index < -0.39 is 0 Å². The highest BCUT2D eigenvalue weighted by atomic mass is 35.5. The molecular weight excluding hydrogens is 493 g/mol. The number of ether oxygens (including phenoxy) is 3. The van der Waals surface area contributed by atoms with Gasteiger partial charge in [0.15, 0.2) is 0 Å². The van der Waals surface area contributed by atoms with E-state index in [0.29, 0.717) is 32.4 Å². The Morgan fingerprint density at radius 2 is 1.68 bits per heavy atom. The van der Waals surface area contributed by atoms with Crippen LogP contribution in [0.25, 0.3) is 0 Å². The minimum atomic E-state index is 0.570. The van der Waals surface area contributed by atoms with Crippen LogP contribution in [-0.2, 0) is 22.3 Å². The molecule has 6 nitrogen and oxygen atoms in total. The van der Waals surface area contributed by atoms with Crippen molar-refractivity contribution in [2.24, 2.45) is 5.73 Å². The second kappa shape index (κ2) is 18.3. The molecule has 0 amide bonds. The summed E-state index contributed by atoms with van der Waals surface area (Å²) in [6, 6.07) is 12.0. The van der Waals surface area contributed by atoms with Crippen LogP contribution in [0.3, 0.4) is 0 Å². The number of benzene rings is 2. The van der Waals surface area contributed by atoms with Crippen molar-refractivity contribution in [2.75, 3.05) is 67.8 Å². The molecule has 2 aromatic carbocycles. The van der Waals surface area contributed by atoms with Crippen molar-refractivity contribution in [2.45, 2.75) is 23.8 Å². The molecule has 0 aromatic heterocycles. The summed E-state index contributed by atoms with van der Waals surface area (Å²) in [5.74, 6) is 0.868. The van der Waals surface area contributed by atoms with E-state index in [4.69, 9.17) is 43.1 Å². The normalized spacial score (nSPS) is 14.1. The van der Waals surface area contributed by atoms with Gasteiger partial charge in [-0.15, -0.1) is 12.6 Å². The first-order valence-electron chi connectivity index (χ1n) is 11.3. The molecule has 9 heteroatoms. The van der Waals surface area contributed by atoms with E-state index in [1.54, 1.807) is 7.11 Å². The molecule has 0 heterocycles. The first-order chi connectivity index (χ1) is 16.3. The number of hydrogen-bond acceptors (Lipinski definition) is 7. The number of rotatable bonds is 10. The van der Waals surface area contributed by atoms with Crippen LogP contribution in [0.5, 0.6) is 5.75 Å². The van der Waals surface area contributed by atoms with Gasteiger partial charge in [0.1, 0.15) is 5.75 Å². The quantitative estimate of drug-likeness (QED) is 0.315. The second-order valence-electron chi connectivity index (χ2n) is 7.87. The number of nitrogens with one attached hydrogen (secondary N) is 1. The average Bonchev–Trinajstić information content (AvgIpc) is 3.25. The van der Waals surface area contributed by atoms with Crippen molar-refractivity contribution in [3.63, 3.8) is 0 Å². The van der Waals surface area contributed by atoms with E-state index >= 15 is 0 Å². The van der Waals surface area contributed by atoms with Crippen LogP contribution >= 0.6 is 35.8 Å². The molecule has 0 spiro atoms. The van der Waals surface area contributed by atoms with Gasteiger partial charge >= 0.3 is 0 Å². The molecular formula is C25H39Cl2N3O3S. The maximum Gasteiger partial charge on any atom is 0.118 e. The number of fused-ring (bicyclic) bond motifs is 1. The highest BCUT2D eigenvalue weighted by molar-refractivity contribution is 7.80. The molecule has 0 bridgehead atoms. The van der Waals surface area contributed by atoms with E-state index in [2.05, 4.69) is 36.9 Å². The van der Waals surface area contributed by atoms with E-state index in [1.165, 1.54) is 11.1 Å². The van der Waals surface area contributed by atoms with Gasteiger partial charge in [0.25, 0.3) is 0 Å². The number of nitrogens with zero attached hydrogens (tertiary/aromatic N) is 1. The highest BCUT2D eigenvalue weighted by Crippen LogP contribution is 2.33. The number of methoxy groups -OCH3 is 1. The summed E-state index contributed by atoms with van der Waals surface area (Å²) in [5.41, 5.74) is 7.79. The number of thiol groups is 1. The third-order valence-electron chi connectivity index (χ3n) is 5.08. The topological polar surface area (TPSA) is 69.0 Å². The number of nitrogens with two attached hydrogens (primary N) is 1. The number of likely N-dealkylation sites (N-methyl/N-ethyl adjacent to an activating group) is 2. The minimum absolute atomic E-state index is 0.570. The van der Waals surface area contributed by atoms with Crippen molar-refractivity contribution in [3.8, 4) is 5.75 Å². The lowest BCUT2D eigenvalue weighted by Crippen LogP contribution is -2.28. The van der Waals surface area contributed by atoms with Crippen molar-refractivity contribution < 1.29 is 14.2 Å². The minimum Gasteiger partial charge on any atom is -0.497 e. The summed E-state index contributed by atoms with van der Waals surface area (Å²) < 4.78 is 15.2. The van der Waals surface area contributed by atoms with Crippen LogP contribution in [-0.4, -0.2) is 78.7 Å². The Labute approximate surface area is 220 Å². The predicted molar refractivity (Wildman–Crippen MR) is 146 cm³/mol. The summed E-state index contributed by atoms with van der Waals surface area (Å²) in [6.45, 7) is 4.12. The fourth-order valence-corrected chi connectivity index (χ4v) is 3.92. The van der Waals surface area contributed by atoms with Crippen LogP contribution < -0.4 is 15.8 Å². The first kappa shape index (κ1) is 31.0. The van der Waals surface area contributed by atoms with E-state index in [9.17, 15) is 0 Å². The fraction of sp³-hybridized carbons (Fsp3) is 0.520. The largest absolute Gasteiger partial charge is 0.497 e. The Morgan fingerprint density at radius 3 is 2.24 bits per heavy atom. The van der Waals surface area contributed by atoms with Crippen molar-refractivity contribution >= 4 is 35.8 Å². The van der Waals surface area contributed by atoms with Gasteiger partial charge in [-0.3, -0.25) is 0 Å². The maximum absolute atomic E-state index is 6.14. The Kier molecular flexibility index (Phi) is 16.7. The van der Waals surface area contributed by atoms with E-state index in [0.717, 1.165) is 46.7 Å². The van der Waals surface area contributed by atoms with Crippen LogP contribution in [0.4, 0.5) is 0 Å². The standard InChI is InChI=1S/C11H13Cl2N.C7H18N2O2.C7H8OS/c1-14(2)9-4-7-3-8(12)5-11(13)10(7)6-9;1-9-3-5-11-7-6-10-4-2-8;1-8-6-2-4-7(9)5-3-6/h3,5,9H,4,6H2,1-2H3;9H,2-8H2,1H3;2-5,9H,1H3. The molecule has 34 heavy (non-hydrogen) atoms. The summed E-state index contributed by atoms with van der Waals surface area (Å²) >= 11 is 16.2. The Balaban J connectivity index is 0.000000263. The molecule has 0 radical (unpaired) electrons. The molecule has 3 N–H and O–H groups in total. The van der Waals surface area contributed by atoms with E-state index in [1.807, 2.05) is 43.4 Å². The molecule has 1 aliphatic rings. The smallest absolute Gasteiger partial charge is 0.118 e. The van der Waals surface area contributed by atoms with Gasteiger partial charge in [0.2, 0.25) is 0 Å². The number of hydrogen-bond donors (Lipinski definition) is 3. The zero-order valence-corrected chi connectivity index (χ0v) is 23.1. The molecule has 1 unspecified atom stereocenters. The summed E-state index contributed by atoms with van der Waals surface area (Å²) in [6.07, 6.45) is 2.10. The molecule has 2 aromatic rings. The van der Waals surface area contributed by atoms with E-state index in [-0.39, 0.29) is 0 Å². The lowest BCUT2D eigenvalue weighted by Gasteiger charge is -2.17. The molecule has 0 aliphatic heterocycles. The summed E-state index contributed by atoms with van der Waals surface area (Å²) in [7, 11) is 7.75. The third kappa shape index (κ3) is 12.6. The van der Waals surface area contributed by atoms with Gasteiger partial charge < -0.3 is 30.2 Å². The zero-order valence-electron chi connectivity index (χ0n) is 20.7. The van der Waals surface area contributed by atoms with Crippen LogP contribution in [0, 0.1) is 0 Å². The Bertz CT molecular complexity index is 803. The lowest BCUT2D eigenvalue weighted by atomic mass is 10.1. The number of halogens is 2. The third-order valence-corrected chi connectivity index (χ3v) is 5.93. The van der Waals surface area contributed by atoms with Gasteiger partial charge in [0, 0.05) is 34.1 Å². The van der Waals surface area contributed by atoms with Gasteiger partial charge in [-0.2, -0.15) is 0 Å². The Morgan fingerprint density at radius 1 is 1.03 bits per heavy atom. The van der Waals surface area contributed by atoms with Crippen LogP contribution in [0.2, 0.25) is 10.0 Å². The molecule has 192 valence electrons. The second-order valence-corrected chi connectivity index (χ2v) is 9.23. The lowest BCUT2D eigenvalue weighted by molar-refractivity contribution is 0.0523. The summed E-state index contributed by atoms with van der Waals surface area (Å²) in [5, 5.41) is 4.54. The molecule has 1 aliphatic carbocycles. The molecule has 3 rings (SSSR count). The van der Waals surface area contributed by atoms with Crippen molar-refractivity contribution in [1.29, 1.82) is 0 Å². The van der Waals surface area contributed by atoms with Crippen LogP contribution in [0.1, 0.15) is 11.1 Å². The highest BCUT2D eigenvalue weighted by Gasteiger charge is 2.25. The van der Waals surface area contributed by atoms with Gasteiger partial charge in [-0.25, -0.2) is 0 Å².